The summed E-state index contributed by atoms with van der Waals surface area (Å²) in [6, 6.07) is 10.0. The highest BCUT2D eigenvalue weighted by molar-refractivity contribution is 5.94. The van der Waals surface area contributed by atoms with Crippen molar-refractivity contribution in [1.82, 2.24) is 10.0 Å². The molecule has 1 saturated heterocycles. The zero-order valence-electron chi connectivity index (χ0n) is 18.9. The van der Waals surface area contributed by atoms with Crippen LogP contribution in [-0.2, 0) is 16.1 Å². The quantitative estimate of drug-likeness (QED) is 0.766. The number of nitrogens with zero attached hydrogens (tertiary/aromatic N) is 2. The van der Waals surface area contributed by atoms with E-state index >= 15 is 0 Å². The molecule has 1 aromatic carbocycles. The zero-order chi connectivity index (χ0) is 22.5. The first-order chi connectivity index (χ1) is 15.3. The molecule has 6 nitrogen and oxygen atoms in total. The van der Waals surface area contributed by atoms with Crippen molar-refractivity contribution in [2.45, 2.75) is 64.8 Å². The van der Waals surface area contributed by atoms with Crippen LogP contribution in [0.15, 0.2) is 36.5 Å². The Balaban J connectivity index is 1.34. The smallest absolute Gasteiger partial charge is 0.252 e. The number of pyridine rings is 1. The van der Waals surface area contributed by atoms with Crippen molar-refractivity contribution in [3.8, 4) is 0 Å². The zero-order valence-corrected chi connectivity index (χ0v) is 18.9. The molecular weight excluding hydrogens is 402 g/mol. The fourth-order valence-corrected chi connectivity index (χ4v) is 6.22. The molecule has 2 bridgehead atoms. The summed E-state index contributed by atoms with van der Waals surface area (Å²) in [5.41, 5.74) is 9.98. The average molecular weight is 434 g/mol. The molecule has 5 rings (SSSR count). The van der Waals surface area contributed by atoms with Crippen LogP contribution >= 0.6 is 0 Å². The first kappa shape index (κ1) is 21.1. The molecule has 2 aliphatic carbocycles. The minimum atomic E-state index is -0.382. The standard InChI is InChI=1S/C26H31N3O3/c1-17-3-5-19(13-21(17)23(27)30)14-25-8-10-26(16-25,11-9-25)24(31)29-22(7-12-32-29)20-6-4-18(2)28-15-20/h3-6,13,15,22H,7-12,14,16H2,1-2H3,(H2,27,30)/t22-,25?,26?/m0/s1. The van der Waals surface area contributed by atoms with Gasteiger partial charge in [0.15, 0.2) is 0 Å². The number of aryl methyl sites for hydroxylation is 2. The Labute approximate surface area is 189 Å². The molecule has 0 spiro atoms. The lowest BCUT2D eigenvalue weighted by Gasteiger charge is -2.32. The van der Waals surface area contributed by atoms with Crippen molar-refractivity contribution in [2.75, 3.05) is 6.61 Å². The fraction of sp³-hybridized carbons (Fsp3) is 0.500. The van der Waals surface area contributed by atoms with Crippen LogP contribution in [-0.4, -0.2) is 28.5 Å². The Bertz CT molecular complexity index is 1050. The van der Waals surface area contributed by atoms with Gasteiger partial charge in [0.1, 0.15) is 0 Å². The Morgan fingerprint density at radius 3 is 2.62 bits per heavy atom. The number of hydrogen-bond donors (Lipinski definition) is 1. The molecule has 2 amide bonds. The summed E-state index contributed by atoms with van der Waals surface area (Å²) >= 11 is 0. The number of primary amides is 1. The highest BCUT2D eigenvalue weighted by Gasteiger charge is 2.59. The van der Waals surface area contributed by atoms with Crippen molar-refractivity contribution in [1.29, 1.82) is 0 Å². The number of fused-ring (bicyclic) bond motifs is 2. The largest absolute Gasteiger partial charge is 0.366 e. The SMILES string of the molecule is Cc1ccc([C@@H]2CCON2C(=O)C23CCC(Cc4ccc(C)c(C(N)=O)c4)(CC2)C3)cn1. The third-order valence-electron chi connectivity index (χ3n) is 8.01. The van der Waals surface area contributed by atoms with Crippen molar-refractivity contribution in [3.05, 3.63) is 64.5 Å². The minimum absolute atomic E-state index is 0.0594. The lowest BCUT2D eigenvalue weighted by atomic mass is 9.78. The van der Waals surface area contributed by atoms with Gasteiger partial charge >= 0.3 is 0 Å². The van der Waals surface area contributed by atoms with Crippen LogP contribution in [0.4, 0.5) is 0 Å². The van der Waals surface area contributed by atoms with E-state index in [9.17, 15) is 9.59 Å². The van der Waals surface area contributed by atoms with Gasteiger partial charge in [-0.05, 0) is 86.6 Å². The van der Waals surface area contributed by atoms with Crippen molar-refractivity contribution in [2.24, 2.45) is 16.6 Å². The maximum Gasteiger partial charge on any atom is 0.252 e. The molecule has 6 heteroatoms. The Kier molecular flexibility index (Phi) is 5.08. The number of hydrogen-bond acceptors (Lipinski definition) is 4. The van der Waals surface area contributed by atoms with Crippen LogP contribution in [0, 0.1) is 24.7 Å². The second-order valence-electron chi connectivity index (χ2n) is 10.1. The van der Waals surface area contributed by atoms with E-state index in [0.29, 0.717) is 12.2 Å². The number of benzene rings is 1. The molecule has 2 aromatic rings. The van der Waals surface area contributed by atoms with Crippen LogP contribution < -0.4 is 5.73 Å². The van der Waals surface area contributed by atoms with Gasteiger partial charge in [-0.1, -0.05) is 18.2 Å². The molecular formula is C26H31N3O3. The number of carbonyl (C=O) groups is 2. The molecule has 1 aliphatic heterocycles. The Hall–Kier alpha value is -2.73. The van der Waals surface area contributed by atoms with Crippen LogP contribution in [0.3, 0.4) is 0 Å². The van der Waals surface area contributed by atoms with Crippen molar-refractivity contribution in [3.63, 3.8) is 0 Å². The monoisotopic (exact) mass is 433 g/mol. The molecule has 1 aromatic heterocycles. The van der Waals surface area contributed by atoms with Gasteiger partial charge in [0, 0.05) is 23.9 Å². The minimum Gasteiger partial charge on any atom is -0.366 e. The molecule has 168 valence electrons. The van der Waals surface area contributed by atoms with E-state index in [0.717, 1.165) is 67.3 Å². The van der Waals surface area contributed by atoms with Gasteiger partial charge in [0.05, 0.1) is 18.1 Å². The maximum absolute atomic E-state index is 13.8. The normalized spacial score (nSPS) is 28.9. The van der Waals surface area contributed by atoms with Gasteiger partial charge in [0.25, 0.3) is 5.91 Å². The fourth-order valence-electron chi connectivity index (χ4n) is 6.22. The first-order valence-electron chi connectivity index (χ1n) is 11.6. The number of hydroxylamine groups is 2. The molecule has 2 saturated carbocycles. The summed E-state index contributed by atoms with van der Waals surface area (Å²) in [7, 11) is 0. The van der Waals surface area contributed by atoms with Gasteiger partial charge in [-0.15, -0.1) is 0 Å². The summed E-state index contributed by atoms with van der Waals surface area (Å²) < 4.78 is 0. The van der Waals surface area contributed by atoms with Crippen LogP contribution in [0.25, 0.3) is 0 Å². The molecule has 1 atom stereocenters. The lowest BCUT2D eigenvalue weighted by Crippen LogP contribution is -2.41. The Morgan fingerprint density at radius 2 is 1.94 bits per heavy atom. The van der Waals surface area contributed by atoms with E-state index < -0.39 is 0 Å². The molecule has 2 N–H and O–H groups in total. The topological polar surface area (TPSA) is 85.5 Å². The molecule has 32 heavy (non-hydrogen) atoms. The van der Waals surface area contributed by atoms with Crippen LogP contribution in [0.5, 0.6) is 0 Å². The van der Waals surface area contributed by atoms with Gasteiger partial charge in [-0.25, -0.2) is 5.06 Å². The highest BCUT2D eigenvalue weighted by atomic mass is 16.7. The number of carbonyl (C=O) groups excluding carboxylic acids is 2. The second-order valence-corrected chi connectivity index (χ2v) is 10.1. The van der Waals surface area contributed by atoms with Gasteiger partial charge < -0.3 is 5.73 Å². The average Bonchev–Trinajstić information content (AvgIpc) is 3.49. The predicted molar refractivity (Wildman–Crippen MR) is 120 cm³/mol. The van der Waals surface area contributed by atoms with Crippen molar-refractivity contribution >= 4 is 11.8 Å². The Morgan fingerprint density at radius 1 is 1.16 bits per heavy atom. The molecule has 0 unspecified atom stereocenters. The lowest BCUT2D eigenvalue weighted by molar-refractivity contribution is -0.188. The number of amides is 2. The van der Waals surface area contributed by atoms with E-state index in [4.69, 9.17) is 10.6 Å². The molecule has 0 radical (unpaired) electrons. The number of aromatic nitrogens is 1. The summed E-state index contributed by atoms with van der Waals surface area (Å²) in [6.45, 7) is 4.44. The van der Waals surface area contributed by atoms with E-state index in [1.807, 2.05) is 38.2 Å². The summed E-state index contributed by atoms with van der Waals surface area (Å²) in [5.74, 6) is -0.242. The van der Waals surface area contributed by atoms with E-state index in [1.54, 1.807) is 5.06 Å². The molecule has 3 aliphatic rings. The van der Waals surface area contributed by atoms with E-state index in [-0.39, 0.29) is 28.7 Å². The van der Waals surface area contributed by atoms with E-state index in [2.05, 4.69) is 17.1 Å². The highest BCUT2D eigenvalue weighted by Crippen LogP contribution is 2.63. The summed E-state index contributed by atoms with van der Waals surface area (Å²) in [6.07, 6.45) is 8.31. The summed E-state index contributed by atoms with van der Waals surface area (Å²) in [4.78, 5) is 35.9. The third-order valence-corrected chi connectivity index (χ3v) is 8.01. The maximum atomic E-state index is 13.8. The number of nitrogens with two attached hydrogens (primary N) is 1. The third kappa shape index (κ3) is 3.51. The van der Waals surface area contributed by atoms with Crippen molar-refractivity contribution < 1.29 is 14.4 Å². The van der Waals surface area contributed by atoms with Gasteiger partial charge in [-0.2, -0.15) is 0 Å². The molecule has 2 heterocycles. The van der Waals surface area contributed by atoms with Crippen LogP contribution in [0.1, 0.15) is 77.3 Å². The van der Waals surface area contributed by atoms with Gasteiger partial charge in [0.2, 0.25) is 5.91 Å². The number of rotatable bonds is 5. The van der Waals surface area contributed by atoms with E-state index in [1.165, 1.54) is 0 Å². The summed E-state index contributed by atoms with van der Waals surface area (Å²) in [5, 5.41) is 1.66. The predicted octanol–water partition coefficient (Wildman–Crippen LogP) is 4.20. The second kappa shape index (κ2) is 7.69. The van der Waals surface area contributed by atoms with Gasteiger partial charge in [-0.3, -0.25) is 19.4 Å². The molecule has 3 fully saturated rings. The first-order valence-corrected chi connectivity index (χ1v) is 11.6. The van der Waals surface area contributed by atoms with Crippen LogP contribution in [0.2, 0.25) is 0 Å².